The van der Waals surface area contributed by atoms with E-state index in [0.29, 0.717) is 15.9 Å². The van der Waals surface area contributed by atoms with Gasteiger partial charge in [-0.3, -0.25) is 4.72 Å². The third-order valence-corrected chi connectivity index (χ3v) is 4.61. The van der Waals surface area contributed by atoms with Crippen molar-refractivity contribution in [1.29, 1.82) is 0 Å². The Morgan fingerprint density at radius 2 is 1.89 bits per heavy atom. The Labute approximate surface area is 121 Å². The van der Waals surface area contributed by atoms with Gasteiger partial charge in [0.15, 0.2) is 0 Å². The van der Waals surface area contributed by atoms with Crippen LogP contribution in [0.25, 0.3) is 0 Å². The zero-order chi connectivity index (χ0) is 14.0. The number of hydrogen-bond acceptors (Lipinski definition) is 3. The van der Waals surface area contributed by atoms with Gasteiger partial charge in [0, 0.05) is 0 Å². The normalized spacial score (nSPS) is 11.3. The van der Waals surface area contributed by atoms with Crippen molar-refractivity contribution >= 4 is 31.6 Å². The first-order valence-electron chi connectivity index (χ1n) is 5.60. The molecule has 0 bridgehead atoms. The number of pyridine rings is 1. The number of rotatable bonds is 3. The molecule has 100 valence electrons. The number of halogens is 1. The Balaban J connectivity index is 2.37. The third kappa shape index (κ3) is 3.33. The summed E-state index contributed by atoms with van der Waals surface area (Å²) in [6.45, 7) is 3.63. The maximum Gasteiger partial charge on any atom is 0.262 e. The summed E-state index contributed by atoms with van der Waals surface area (Å²) in [4.78, 5) is 4.27. The Morgan fingerprint density at radius 1 is 1.16 bits per heavy atom. The molecule has 2 aromatic rings. The fourth-order valence-corrected chi connectivity index (χ4v) is 3.25. The molecule has 0 atom stereocenters. The molecule has 0 spiro atoms. The van der Waals surface area contributed by atoms with Crippen LogP contribution in [-0.2, 0) is 10.0 Å². The molecule has 0 unspecified atom stereocenters. The lowest BCUT2D eigenvalue weighted by molar-refractivity contribution is 0.600. The molecular formula is C13H13BrN2O2S. The van der Waals surface area contributed by atoms with Gasteiger partial charge in [0.1, 0.15) is 4.60 Å². The zero-order valence-electron chi connectivity index (χ0n) is 10.5. The van der Waals surface area contributed by atoms with Gasteiger partial charge in [-0.25, -0.2) is 13.4 Å². The third-order valence-electron chi connectivity index (χ3n) is 2.61. The van der Waals surface area contributed by atoms with E-state index in [0.717, 1.165) is 5.56 Å². The van der Waals surface area contributed by atoms with Crippen LogP contribution in [0.1, 0.15) is 11.1 Å². The number of aryl methyl sites for hydroxylation is 2. The molecule has 2 rings (SSSR count). The lowest BCUT2D eigenvalue weighted by atomic mass is 10.2. The van der Waals surface area contributed by atoms with Gasteiger partial charge in [-0.15, -0.1) is 0 Å². The molecule has 0 aliphatic carbocycles. The highest BCUT2D eigenvalue weighted by Gasteiger charge is 2.17. The highest BCUT2D eigenvalue weighted by atomic mass is 79.9. The Bertz CT molecular complexity index is 697. The molecule has 4 nitrogen and oxygen atoms in total. The van der Waals surface area contributed by atoms with Crippen LogP contribution in [-0.4, -0.2) is 13.4 Å². The molecule has 19 heavy (non-hydrogen) atoms. The van der Waals surface area contributed by atoms with Gasteiger partial charge in [0.2, 0.25) is 0 Å². The molecule has 1 heterocycles. The summed E-state index contributed by atoms with van der Waals surface area (Å²) in [5, 5.41) is 0. The van der Waals surface area contributed by atoms with E-state index >= 15 is 0 Å². The second kappa shape index (κ2) is 5.30. The molecule has 1 aromatic carbocycles. The van der Waals surface area contributed by atoms with E-state index in [-0.39, 0.29) is 4.90 Å². The Morgan fingerprint density at radius 3 is 2.53 bits per heavy atom. The van der Waals surface area contributed by atoms with Crippen LogP contribution in [0.5, 0.6) is 0 Å². The number of nitrogens with zero attached hydrogens (tertiary/aromatic N) is 1. The van der Waals surface area contributed by atoms with Gasteiger partial charge in [-0.1, -0.05) is 12.1 Å². The molecule has 1 N–H and O–H groups in total. The van der Waals surface area contributed by atoms with E-state index in [9.17, 15) is 8.42 Å². The first-order valence-corrected chi connectivity index (χ1v) is 7.88. The van der Waals surface area contributed by atoms with E-state index < -0.39 is 10.0 Å². The molecule has 6 heteroatoms. The number of aromatic nitrogens is 1. The highest BCUT2D eigenvalue weighted by molar-refractivity contribution is 9.10. The van der Waals surface area contributed by atoms with Crippen molar-refractivity contribution in [1.82, 2.24) is 4.98 Å². The van der Waals surface area contributed by atoms with Crippen molar-refractivity contribution in [2.45, 2.75) is 18.7 Å². The van der Waals surface area contributed by atoms with E-state index in [1.54, 1.807) is 31.2 Å². The van der Waals surface area contributed by atoms with Crippen LogP contribution in [0.2, 0.25) is 0 Å². The minimum atomic E-state index is -3.58. The first kappa shape index (κ1) is 14.0. The maximum absolute atomic E-state index is 12.3. The van der Waals surface area contributed by atoms with Gasteiger partial charge < -0.3 is 0 Å². The van der Waals surface area contributed by atoms with Gasteiger partial charge in [-0.2, -0.15) is 0 Å². The zero-order valence-corrected chi connectivity index (χ0v) is 12.9. The van der Waals surface area contributed by atoms with Crippen LogP contribution in [0, 0.1) is 13.8 Å². The number of anilines is 1. The minimum absolute atomic E-state index is 0.287. The Kier molecular flexibility index (Phi) is 3.91. The second-order valence-corrected chi connectivity index (χ2v) is 6.71. The summed E-state index contributed by atoms with van der Waals surface area (Å²) in [5.74, 6) is 0. The molecule has 0 saturated carbocycles. The molecule has 0 fully saturated rings. The number of benzene rings is 1. The second-order valence-electron chi connectivity index (χ2n) is 4.24. The summed E-state index contributed by atoms with van der Waals surface area (Å²) in [5.41, 5.74) is 2.05. The van der Waals surface area contributed by atoms with Crippen molar-refractivity contribution in [3.8, 4) is 0 Å². The first-order chi connectivity index (χ1) is 8.88. The smallest absolute Gasteiger partial charge is 0.262 e. The van der Waals surface area contributed by atoms with Gasteiger partial charge >= 0.3 is 0 Å². The van der Waals surface area contributed by atoms with E-state index in [4.69, 9.17) is 0 Å². The summed E-state index contributed by atoms with van der Waals surface area (Å²) in [7, 11) is -3.58. The lowest BCUT2D eigenvalue weighted by Crippen LogP contribution is -2.14. The summed E-state index contributed by atoms with van der Waals surface area (Å²) >= 11 is 3.20. The topological polar surface area (TPSA) is 59.1 Å². The Hall–Kier alpha value is -1.40. The fraction of sp³-hybridized carbons (Fsp3) is 0.154. The largest absolute Gasteiger partial charge is 0.278 e. The van der Waals surface area contributed by atoms with Crippen LogP contribution in [0.3, 0.4) is 0 Å². The van der Waals surface area contributed by atoms with Gasteiger partial charge in [0.25, 0.3) is 10.0 Å². The lowest BCUT2D eigenvalue weighted by Gasteiger charge is -2.10. The molecule has 0 aliphatic heterocycles. The molecule has 0 radical (unpaired) electrons. The number of sulfonamides is 1. The van der Waals surface area contributed by atoms with E-state index in [1.165, 1.54) is 6.20 Å². The monoisotopic (exact) mass is 340 g/mol. The summed E-state index contributed by atoms with van der Waals surface area (Å²) in [6.07, 6.45) is 1.47. The summed E-state index contributed by atoms with van der Waals surface area (Å²) in [6, 6.07) is 8.67. The van der Waals surface area contributed by atoms with E-state index in [1.807, 2.05) is 13.0 Å². The fourth-order valence-electron chi connectivity index (χ4n) is 1.64. The van der Waals surface area contributed by atoms with Crippen LogP contribution < -0.4 is 4.72 Å². The summed E-state index contributed by atoms with van der Waals surface area (Å²) < 4.78 is 27.8. The van der Waals surface area contributed by atoms with Crippen molar-refractivity contribution in [3.63, 3.8) is 0 Å². The molecule has 0 aliphatic rings. The quantitative estimate of drug-likeness (QED) is 0.872. The van der Waals surface area contributed by atoms with Crippen molar-refractivity contribution in [2.24, 2.45) is 0 Å². The molecule has 0 amide bonds. The highest BCUT2D eigenvalue weighted by Crippen LogP contribution is 2.20. The van der Waals surface area contributed by atoms with Gasteiger partial charge in [-0.05, 0) is 59.1 Å². The SMILES string of the molecule is Cc1ccc(C)c(S(=O)(=O)Nc2ccc(Br)nc2)c1. The van der Waals surface area contributed by atoms with Crippen LogP contribution in [0.4, 0.5) is 5.69 Å². The average molecular weight is 341 g/mol. The molecule has 1 aromatic heterocycles. The van der Waals surface area contributed by atoms with E-state index in [2.05, 4.69) is 25.6 Å². The predicted molar refractivity (Wildman–Crippen MR) is 78.7 cm³/mol. The molecule has 0 saturated heterocycles. The number of hydrogen-bond donors (Lipinski definition) is 1. The van der Waals surface area contributed by atoms with Crippen LogP contribution >= 0.6 is 15.9 Å². The van der Waals surface area contributed by atoms with Crippen LogP contribution in [0.15, 0.2) is 46.0 Å². The average Bonchev–Trinajstić information content (AvgIpc) is 2.35. The van der Waals surface area contributed by atoms with Crippen molar-refractivity contribution < 1.29 is 8.42 Å². The number of nitrogens with one attached hydrogen (secondary N) is 1. The van der Waals surface area contributed by atoms with Gasteiger partial charge in [0.05, 0.1) is 16.8 Å². The minimum Gasteiger partial charge on any atom is -0.278 e. The van der Waals surface area contributed by atoms with Crippen molar-refractivity contribution in [2.75, 3.05) is 4.72 Å². The predicted octanol–water partition coefficient (Wildman–Crippen LogP) is 3.26. The maximum atomic E-state index is 12.3. The molecular weight excluding hydrogens is 328 g/mol. The van der Waals surface area contributed by atoms with Crippen molar-refractivity contribution in [3.05, 3.63) is 52.3 Å². The standard InChI is InChI=1S/C13H13BrN2O2S/c1-9-3-4-10(2)12(7-9)19(17,18)16-11-5-6-13(14)15-8-11/h3-8,16H,1-2H3.